The number of aromatic nitrogens is 1. The van der Waals surface area contributed by atoms with Crippen LogP contribution in [0.3, 0.4) is 0 Å². The van der Waals surface area contributed by atoms with Crippen LogP contribution >= 0.6 is 0 Å². The van der Waals surface area contributed by atoms with Crippen LogP contribution in [0.15, 0.2) is 30.5 Å². The van der Waals surface area contributed by atoms with Crippen molar-refractivity contribution >= 4 is 11.9 Å². The Morgan fingerprint density at radius 1 is 0.837 bits per heavy atom. The van der Waals surface area contributed by atoms with Gasteiger partial charge in [0.05, 0.1) is 29.3 Å². The molecule has 0 radical (unpaired) electrons. The van der Waals surface area contributed by atoms with Crippen LogP contribution in [0.5, 0.6) is 0 Å². The van der Waals surface area contributed by atoms with Gasteiger partial charge in [-0.3, -0.25) is 4.90 Å². The maximum atomic E-state index is 13.8. The largest absolute Gasteiger partial charge is 0.439 e. The Morgan fingerprint density at radius 3 is 1.91 bits per heavy atom. The van der Waals surface area contributed by atoms with Crippen molar-refractivity contribution < 1.29 is 53.8 Å². The lowest BCUT2D eigenvalue weighted by Gasteiger charge is -2.45. The second kappa shape index (κ2) is 11.4. The Morgan fingerprint density at radius 2 is 1.40 bits per heavy atom. The predicted octanol–water partition coefficient (Wildman–Crippen LogP) is 7.76. The monoisotopic (exact) mass is 625 g/mol. The van der Waals surface area contributed by atoms with Crippen LogP contribution in [-0.4, -0.2) is 47.3 Å². The van der Waals surface area contributed by atoms with Gasteiger partial charge in [0.15, 0.2) is 0 Å². The van der Waals surface area contributed by atoms with Crippen molar-refractivity contribution in [3.8, 4) is 0 Å². The van der Waals surface area contributed by atoms with Gasteiger partial charge in [0, 0.05) is 37.1 Å². The lowest BCUT2D eigenvalue weighted by Crippen LogP contribution is -2.50. The summed E-state index contributed by atoms with van der Waals surface area (Å²) in [5.74, 6) is 0.242. The number of rotatable bonds is 6. The molecule has 0 N–H and O–H groups in total. The summed E-state index contributed by atoms with van der Waals surface area (Å²) in [6, 6.07) is 0.611. The number of carbonyl (C=O) groups excluding carboxylic acids is 1. The van der Waals surface area contributed by atoms with Crippen molar-refractivity contribution in [3.63, 3.8) is 0 Å². The normalized spacial score (nSPS) is 22.5. The van der Waals surface area contributed by atoms with E-state index < -0.39 is 65.6 Å². The lowest BCUT2D eigenvalue weighted by atomic mass is 9.88. The highest BCUT2D eigenvalue weighted by Crippen LogP contribution is 2.43. The molecule has 6 nitrogen and oxygen atoms in total. The summed E-state index contributed by atoms with van der Waals surface area (Å²) in [4.78, 5) is 20.2. The van der Waals surface area contributed by atoms with E-state index in [0.29, 0.717) is 38.2 Å². The lowest BCUT2D eigenvalue weighted by molar-refractivity contribution is -0.143. The molecule has 1 aliphatic carbocycles. The summed E-state index contributed by atoms with van der Waals surface area (Å²) in [5, 5.41) is 0. The van der Waals surface area contributed by atoms with Gasteiger partial charge in [0.1, 0.15) is 11.9 Å². The summed E-state index contributed by atoms with van der Waals surface area (Å²) in [5.41, 5.74) is -4.70. The highest BCUT2D eigenvalue weighted by atomic mass is 19.4. The molecule has 15 heteroatoms. The number of pyridine rings is 1. The summed E-state index contributed by atoms with van der Waals surface area (Å²) < 4.78 is 133. The molecule has 0 bridgehead atoms. The molecule has 3 heterocycles. The molecule has 5 rings (SSSR count). The van der Waals surface area contributed by atoms with Crippen LogP contribution in [0.4, 0.5) is 50.1 Å². The second-order valence-corrected chi connectivity index (χ2v) is 11.1. The van der Waals surface area contributed by atoms with E-state index in [-0.39, 0.29) is 29.5 Å². The molecule has 2 atom stereocenters. The van der Waals surface area contributed by atoms with Crippen LogP contribution in [-0.2, 0) is 34.5 Å². The molecule has 1 aromatic carbocycles. The summed E-state index contributed by atoms with van der Waals surface area (Å²) in [7, 11) is 0. The molecule has 1 aromatic heterocycles. The third-order valence-corrected chi connectivity index (χ3v) is 8.24. The number of amides is 1. The van der Waals surface area contributed by atoms with E-state index in [1.54, 1.807) is 0 Å². The molecular weight excluding hydrogens is 597 g/mol. The summed E-state index contributed by atoms with van der Waals surface area (Å²) in [6.07, 6.45) is -13.2. The Balaban J connectivity index is 1.51. The summed E-state index contributed by atoms with van der Waals surface area (Å²) in [6.45, 7) is 1.81. The number of benzene rings is 1. The molecular formula is C28H28F9N3O3. The topological polar surface area (TPSA) is 54.9 Å². The van der Waals surface area contributed by atoms with E-state index in [0.717, 1.165) is 36.4 Å². The van der Waals surface area contributed by atoms with Crippen molar-refractivity contribution in [1.82, 2.24) is 9.88 Å². The van der Waals surface area contributed by atoms with Gasteiger partial charge < -0.3 is 14.4 Å². The molecule has 3 fully saturated rings. The maximum Gasteiger partial charge on any atom is 0.417 e. The number of halogens is 9. The van der Waals surface area contributed by atoms with Gasteiger partial charge in [-0.25, -0.2) is 9.78 Å². The highest BCUT2D eigenvalue weighted by molar-refractivity contribution is 5.71. The first kappa shape index (κ1) is 31.2. The van der Waals surface area contributed by atoms with Crippen molar-refractivity contribution in [2.24, 2.45) is 0 Å². The first-order valence-corrected chi connectivity index (χ1v) is 13.7. The van der Waals surface area contributed by atoms with E-state index in [9.17, 15) is 44.3 Å². The SMILES string of the molecule is C[C@H]1[C@@H](c2cc(C(F)(F)F)cc(C(F)(F)F)c2)OC(=O)N1Cc1cc(C(F)(F)F)cnc1N(C1CCC1)C1CCOCC1. The fraction of sp³-hybridized carbons (Fsp3) is 0.571. The van der Waals surface area contributed by atoms with Crippen molar-refractivity contribution in [1.29, 1.82) is 0 Å². The molecule has 43 heavy (non-hydrogen) atoms. The van der Waals surface area contributed by atoms with Crippen LogP contribution < -0.4 is 4.90 Å². The second-order valence-electron chi connectivity index (χ2n) is 11.1. The molecule has 2 aliphatic heterocycles. The van der Waals surface area contributed by atoms with Gasteiger partial charge in [0.25, 0.3) is 0 Å². The van der Waals surface area contributed by atoms with E-state index >= 15 is 0 Å². The van der Waals surface area contributed by atoms with Crippen molar-refractivity contribution in [2.45, 2.75) is 88.3 Å². The minimum absolute atomic E-state index is 0.00712. The molecule has 2 aromatic rings. The molecule has 2 saturated heterocycles. The van der Waals surface area contributed by atoms with Crippen LogP contribution in [0.2, 0.25) is 0 Å². The zero-order valence-corrected chi connectivity index (χ0v) is 22.8. The van der Waals surface area contributed by atoms with E-state index in [1.807, 2.05) is 4.90 Å². The number of hydrogen-bond donors (Lipinski definition) is 0. The number of carbonyl (C=O) groups is 1. The molecule has 1 saturated carbocycles. The highest BCUT2D eigenvalue weighted by Gasteiger charge is 2.44. The van der Waals surface area contributed by atoms with E-state index in [4.69, 9.17) is 9.47 Å². The average Bonchev–Trinajstić information content (AvgIpc) is 3.18. The zero-order chi connectivity index (χ0) is 31.3. The summed E-state index contributed by atoms with van der Waals surface area (Å²) >= 11 is 0. The number of hydrogen-bond acceptors (Lipinski definition) is 5. The van der Waals surface area contributed by atoms with Crippen LogP contribution in [0.1, 0.15) is 72.9 Å². The standard InChI is InChI=1S/C28H28F9N3O3/c1-15-23(16-9-18(26(29,30)31)12-19(10-16)27(32,33)34)43-25(41)39(15)14-17-11-20(28(35,36)37)13-38-24(17)40(21-3-2-4-21)22-5-7-42-8-6-22/h9-13,15,21-23H,2-8,14H2,1H3/t15-,23-/m0/s1. The Hall–Kier alpha value is -3.23. The number of anilines is 1. The minimum atomic E-state index is -5.12. The van der Waals surface area contributed by atoms with E-state index in [1.165, 1.54) is 6.92 Å². The van der Waals surface area contributed by atoms with Crippen molar-refractivity contribution in [3.05, 3.63) is 58.3 Å². The molecule has 3 aliphatic rings. The van der Waals surface area contributed by atoms with Crippen molar-refractivity contribution in [2.75, 3.05) is 18.1 Å². The first-order valence-electron chi connectivity index (χ1n) is 13.7. The third-order valence-electron chi connectivity index (χ3n) is 8.24. The number of nitrogens with zero attached hydrogens (tertiary/aromatic N) is 3. The molecule has 0 unspecified atom stereocenters. The Kier molecular flexibility index (Phi) is 8.24. The smallest absolute Gasteiger partial charge is 0.417 e. The average molecular weight is 626 g/mol. The van der Waals surface area contributed by atoms with Gasteiger partial charge in [0.2, 0.25) is 0 Å². The predicted molar refractivity (Wildman–Crippen MR) is 134 cm³/mol. The molecule has 1 amide bonds. The minimum Gasteiger partial charge on any atom is -0.439 e. The van der Waals surface area contributed by atoms with Crippen LogP contribution in [0, 0.1) is 0 Å². The van der Waals surface area contributed by atoms with Gasteiger partial charge in [-0.2, -0.15) is 39.5 Å². The third kappa shape index (κ3) is 6.50. The van der Waals surface area contributed by atoms with Gasteiger partial charge in [-0.15, -0.1) is 0 Å². The molecule has 0 spiro atoms. The number of cyclic esters (lactones) is 1. The zero-order valence-electron chi connectivity index (χ0n) is 22.8. The van der Waals surface area contributed by atoms with Gasteiger partial charge >= 0.3 is 24.6 Å². The Bertz CT molecular complexity index is 1300. The quantitative estimate of drug-likeness (QED) is 0.307. The maximum absolute atomic E-state index is 13.8. The van der Waals surface area contributed by atoms with Gasteiger partial charge in [-0.05, 0) is 68.9 Å². The Labute approximate surface area is 240 Å². The molecule has 236 valence electrons. The first-order chi connectivity index (χ1) is 20.0. The number of ether oxygens (including phenoxy) is 2. The van der Waals surface area contributed by atoms with Gasteiger partial charge in [-0.1, -0.05) is 0 Å². The van der Waals surface area contributed by atoms with E-state index in [2.05, 4.69) is 4.98 Å². The fourth-order valence-corrected chi connectivity index (χ4v) is 5.77. The number of alkyl halides is 9. The van der Waals surface area contributed by atoms with Crippen LogP contribution in [0.25, 0.3) is 0 Å². The fourth-order valence-electron chi connectivity index (χ4n) is 5.77.